The first-order valence-corrected chi connectivity index (χ1v) is 4.55. The van der Waals surface area contributed by atoms with Crippen molar-refractivity contribution in [3.8, 4) is 12.0 Å². The predicted molar refractivity (Wildman–Crippen MR) is 57.1 cm³/mol. The van der Waals surface area contributed by atoms with Crippen LogP contribution >= 0.6 is 0 Å². The number of carbonyl (C=O) groups is 1. The fourth-order valence-electron chi connectivity index (χ4n) is 1.60. The van der Waals surface area contributed by atoms with Crippen molar-refractivity contribution in [3.05, 3.63) is 42.0 Å². The van der Waals surface area contributed by atoms with Crippen LogP contribution in [0.2, 0.25) is 0 Å². The molecule has 0 spiro atoms. The molecule has 1 N–H and O–H groups in total. The summed E-state index contributed by atoms with van der Waals surface area (Å²) in [5, 5.41) is 18.6. The van der Waals surface area contributed by atoms with Crippen LogP contribution in [0, 0.1) is 11.5 Å². The predicted octanol–water partition coefficient (Wildman–Crippen LogP) is 2.40. The zero-order valence-electron chi connectivity index (χ0n) is 8.18. The minimum atomic E-state index is -1.00. The first-order valence-electron chi connectivity index (χ1n) is 4.55. The molecule has 0 aliphatic heterocycles. The van der Waals surface area contributed by atoms with Crippen LogP contribution in [-0.2, 0) is 0 Å². The van der Waals surface area contributed by atoms with Gasteiger partial charge >= 0.3 is 5.97 Å². The Balaban J connectivity index is 2.78. The molecular formula is C12H7NO3. The van der Waals surface area contributed by atoms with E-state index in [4.69, 9.17) is 15.1 Å². The molecule has 2 aromatic rings. The monoisotopic (exact) mass is 213 g/mol. The van der Waals surface area contributed by atoms with Gasteiger partial charge < -0.3 is 9.84 Å². The van der Waals surface area contributed by atoms with Gasteiger partial charge in [-0.3, -0.25) is 0 Å². The third kappa shape index (κ3) is 1.55. The van der Waals surface area contributed by atoms with Crippen molar-refractivity contribution < 1.29 is 14.6 Å². The molecule has 0 aromatic heterocycles. The summed E-state index contributed by atoms with van der Waals surface area (Å²) in [6, 6.07) is 9.81. The topological polar surface area (TPSA) is 70.3 Å². The number of carboxylic acids is 1. The molecule has 16 heavy (non-hydrogen) atoms. The number of rotatable bonds is 2. The molecule has 2 rings (SSSR count). The molecule has 0 radical (unpaired) electrons. The van der Waals surface area contributed by atoms with Crippen LogP contribution in [-0.4, -0.2) is 11.1 Å². The standard InChI is InChI=1S/C12H7NO3/c13-7-16-11-6-5-10(12(14)15)8-3-1-2-4-9(8)11/h1-6H,(H,14,15). The molecule has 4 nitrogen and oxygen atoms in total. The van der Waals surface area contributed by atoms with E-state index in [-0.39, 0.29) is 5.56 Å². The molecule has 0 atom stereocenters. The van der Waals surface area contributed by atoms with Crippen molar-refractivity contribution >= 4 is 16.7 Å². The molecule has 0 fully saturated rings. The fourth-order valence-corrected chi connectivity index (χ4v) is 1.60. The average Bonchev–Trinajstić information content (AvgIpc) is 2.29. The number of aromatic carboxylic acids is 1. The maximum atomic E-state index is 11.0. The van der Waals surface area contributed by atoms with E-state index in [0.29, 0.717) is 16.5 Å². The zero-order valence-corrected chi connectivity index (χ0v) is 8.18. The van der Waals surface area contributed by atoms with E-state index in [0.717, 1.165) is 0 Å². The summed E-state index contributed by atoms with van der Waals surface area (Å²) in [4.78, 5) is 11.0. The number of nitriles is 1. The summed E-state index contributed by atoms with van der Waals surface area (Å²) in [6.45, 7) is 0. The van der Waals surface area contributed by atoms with Crippen LogP contribution in [0.15, 0.2) is 36.4 Å². The molecule has 0 aliphatic carbocycles. The second-order valence-corrected chi connectivity index (χ2v) is 3.16. The van der Waals surface area contributed by atoms with E-state index < -0.39 is 5.97 Å². The third-order valence-corrected chi connectivity index (χ3v) is 2.27. The zero-order chi connectivity index (χ0) is 11.5. The lowest BCUT2D eigenvalue weighted by atomic mass is 10.0. The minimum absolute atomic E-state index is 0.195. The molecule has 0 bridgehead atoms. The molecule has 0 saturated carbocycles. The van der Waals surface area contributed by atoms with Gasteiger partial charge in [-0.25, -0.2) is 4.79 Å². The SMILES string of the molecule is N#COc1ccc(C(=O)O)c2ccccc12. The van der Waals surface area contributed by atoms with Crippen LogP contribution in [0.3, 0.4) is 0 Å². The van der Waals surface area contributed by atoms with Gasteiger partial charge in [0.15, 0.2) is 0 Å². The van der Waals surface area contributed by atoms with Gasteiger partial charge in [-0.1, -0.05) is 24.3 Å². The fraction of sp³-hybridized carbons (Fsp3) is 0. The summed E-state index contributed by atoms with van der Waals surface area (Å²) in [7, 11) is 0. The Morgan fingerprint density at radius 2 is 1.88 bits per heavy atom. The lowest BCUT2D eigenvalue weighted by molar-refractivity contribution is 0.0699. The van der Waals surface area contributed by atoms with Crippen molar-refractivity contribution in [1.29, 1.82) is 5.26 Å². The minimum Gasteiger partial charge on any atom is -0.478 e. The Labute approximate surface area is 91.3 Å². The Hall–Kier alpha value is -2.54. The van der Waals surface area contributed by atoms with Crippen molar-refractivity contribution in [2.45, 2.75) is 0 Å². The number of hydrogen-bond acceptors (Lipinski definition) is 3. The normalized spacial score (nSPS) is 9.69. The van der Waals surface area contributed by atoms with Crippen molar-refractivity contribution in [2.75, 3.05) is 0 Å². The number of hydrogen-bond donors (Lipinski definition) is 1. The van der Waals surface area contributed by atoms with Gasteiger partial charge in [0.2, 0.25) is 0 Å². The second-order valence-electron chi connectivity index (χ2n) is 3.16. The number of nitrogens with zero attached hydrogens (tertiary/aromatic N) is 1. The first-order chi connectivity index (χ1) is 7.74. The number of ether oxygens (including phenoxy) is 1. The largest absolute Gasteiger partial charge is 0.478 e. The molecule has 0 unspecified atom stereocenters. The molecule has 0 saturated heterocycles. The Bertz CT molecular complexity index is 599. The van der Waals surface area contributed by atoms with Gasteiger partial charge in [0.05, 0.1) is 5.56 Å². The van der Waals surface area contributed by atoms with Gasteiger partial charge in [-0.2, -0.15) is 0 Å². The highest BCUT2D eigenvalue weighted by Crippen LogP contribution is 2.28. The van der Waals surface area contributed by atoms with E-state index in [2.05, 4.69) is 0 Å². The van der Waals surface area contributed by atoms with Crippen LogP contribution < -0.4 is 4.74 Å². The summed E-state index contributed by atoms with van der Waals surface area (Å²) in [6.07, 6.45) is 1.58. The van der Waals surface area contributed by atoms with E-state index in [9.17, 15) is 4.79 Å². The van der Waals surface area contributed by atoms with Gasteiger partial charge in [-0.15, -0.1) is 5.26 Å². The highest BCUT2D eigenvalue weighted by atomic mass is 16.5. The molecular weight excluding hydrogens is 206 g/mol. The molecule has 2 aromatic carbocycles. The van der Waals surface area contributed by atoms with E-state index in [1.165, 1.54) is 12.1 Å². The Morgan fingerprint density at radius 1 is 1.19 bits per heavy atom. The summed E-state index contributed by atoms with van der Waals surface area (Å²) in [5.41, 5.74) is 0.195. The Morgan fingerprint density at radius 3 is 2.50 bits per heavy atom. The van der Waals surface area contributed by atoms with E-state index in [1.807, 2.05) is 0 Å². The van der Waals surface area contributed by atoms with Crippen molar-refractivity contribution in [1.82, 2.24) is 0 Å². The number of carboxylic acid groups (broad SMARTS) is 1. The molecule has 0 amide bonds. The van der Waals surface area contributed by atoms with E-state index >= 15 is 0 Å². The average molecular weight is 213 g/mol. The van der Waals surface area contributed by atoms with Gasteiger partial charge in [-0.05, 0) is 17.5 Å². The molecule has 0 heterocycles. The summed E-state index contributed by atoms with van der Waals surface area (Å²) >= 11 is 0. The van der Waals surface area contributed by atoms with Gasteiger partial charge in [0, 0.05) is 5.39 Å². The maximum absolute atomic E-state index is 11.0. The van der Waals surface area contributed by atoms with Gasteiger partial charge in [0.1, 0.15) is 5.75 Å². The van der Waals surface area contributed by atoms with Crippen LogP contribution in [0.4, 0.5) is 0 Å². The number of fused-ring (bicyclic) bond motifs is 1. The summed E-state index contributed by atoms with van der Waals surface area (Å²) in [5.74, 6) is -0.636. The quantitative estimate of drug-likeness (QED) is 0.777. The van der Waals surface area contributed by atoms with Crippen LogP contribution in [0.1, 0.15) is 10.4 Å². The third-order valence-electron chi connectivity index (χ3n) is 2.27. The van der Waals surface area contributed by atoms with Crippen LogP contribution in [0.5, 0.6) is 5.75 Å². The highest BCUT2D eigenvalue weighted by molar-refractivity contribution is 6.05. The van der Waals surface area contributed by atoms with Crippen molar-refractivity contribution in [3.63, 3.8) is 0 Å². The smallest absolute Gasteiger partial charge is 0.336 e. The van der Waals surface area contributed by atoms with Gasteiger partial charge in [0.25, 0.3) is 6.26 Å². The lowest BCUT2D eigenvalue weighted by Gasteiger charge is -2.05. The lowest BCUT2D eigenvalue weighted by Crippen LogP contribution is -1.98. The molecule has 4 heteroatoms. The van der Waals surface area contributed by atoms with E-state index in [1.54, 1.807) is 30.5 Å². The first kappa shape index (κ1) is 9.99. The summed E-state index contributed by atoms with van der Waals surface area (Å²) < 4.78 is 4.77. The second kappa shape index (κ2) is 3.91. The van der Waals surface area contributed by atoms with Crippen molar-refractivity contribution in [2.24, 2.45) is 0 Å². The Kier molecular flexibility index (Phi) is 2.44. The maximum Gasteiger partial charge on any atom is 0.336 e. The van der Waals surface area contributed by atoms with Crippen LogP contribution in [0.25, 0.3) is 10.8 Å². The number of benzene rings is 2. The highest BCUT2D eigenvalue weighted by Gasteiger charge is 2.11. The molecule has 0 aliphatic rings. The molecule has 78 valence electrons.